The van der Waals surface area contributed by atoms with Gasteiger partial charge in [0.1, 0.15) is 5.69 Å². The fraction of sp³-hybridized carbons (Fsp3) is 0.200. The molecule has 6 heteroatoms. The van der Waals surface area contributed by atoms with Crippen LogP contribution in [-0.4, -0.2) is 33.6 Å². The maximum Gasteiger partial charge on any atom is 0.159 e. The monoisotopic (exact) mass is 348 g/mol. The van der Waals surface area contributed by atoms with Crippen LogP contribution < -0.4 is 4.90 Å². The molecule has 0 aliphatic carbocycles. The SMILES string of the molecule is CC(=O)c1ccc(N(C)Cc2cn(-c3cccc(C(C)=O)c3)nn2)cc1. The van der Waals surface area contributed by atoms with Crippen LogP contribution in [0, 0.1) is 0 Å². The molecule has 2 aromatic carbocycles. The Morgan fingerprint density at radius 3 is 2.35 bits per heavy atom. The van der Waals surface area contributed by atoms with Crippen molar-refractivity contribution in [1.82, 2.24) is 15.0 Å². The molecular weight excluding hydrogens is 328 g/mol. The van der Waals surface area contributed by atoms with Crippen molar-refractivity contribution < 1.29 is 9.59 Å². The molecule has 0 N–H and O–H groups in total. The van der Waals surface area contributed by atoms with Crippen molar-refractivity contribution in [3.8, 4) is 5.69 Å². The molecule has 3 rings (SSSR count). The van der Waals surface area contributed by atoms with Gasteiger partial charge in [-0.25, -0.2) is 4.68 Å². The summed E-state index contributed by atoms with van der Waals surface area (Å²) in [6, 6.07) is 14.8. The number of carbonyl (C=O) groups is 2. The largest absolute Gasteiger partial charge is 0.369 e. The molecule has 0 aliphatic heterocycles. The van der Waals surface area contributed by atoms with Crippen molar-refractivity contribution in [2.45, 2.75) is 20.4 Å². The maximum atomic E-state index is 11.5. The average molecular weight is 348 g/mol. The third-order valence-corrected chi connectivity index (χ3v) is 4.17. The van der Waals surface area contributed by atoms with Crippen molar-refractivity contribution in [1.29, 1.82) is 0 Å². The van der Waals surface area contributed by atoms with Gasteiger partial charge in [0.15, 0.2) is 11.6 Å². The van der Waals surface area contributed by atoms with Gasteiger partial charge in [0, 0.05) is 23.9 Å². The second kappa shape index (κ2) is 7.31. The van der Waals surface area contributed by atoms with E-state index in [0.29, 0.717) is 17.7 Å². The summed E-state index contributed by atoms with van der Waals surface area (Å²) in [5, 5.41) is 8.37. The Morgan fingerprint density at radius 2 is 1.69 bits per heavy atom. The summed E-state index contributed by atoms with van der Waals surface area (Å²) in [7, 11) is 1.96. The first-order valence-corrected chi connectivity index (χ1v) is 8.29. The molecule has 0 amide bonds. The van der Waals surface area contributed by atoms with Crippen molar-refractivity contribution >= 4 is 17.3 Å². The maximum absolute atomic E-state index is 11.5. The average Bonchev–Trinajstić information content (AvgIpc) is 3.10. The Labute approximate surface area is 152 Å². The van der Waals surface area contributed by atoms with Gasteiger partial charge in [0.05, 0.1) is 18.4 Å². The van der Waals surface area contributed by atoms with Gasteiger partial charge in [-0.3, -0.25) is 9.59 Å². The quantitative estimate of drug-likeness (QED) is 0.639. The summed E-state index contributed by atoms with van der Waals surface area (Å²) < 4.78 is 1.66. The Balaban J connectivity index is 1.74. The van der Waals surface area contributed by atoms with Gasteiger partial charge < -0.3 is 4.90 Å². The Bertz CT molecular complexity index is 944. The number of anilines is 1. The van der Waals surface area contributed by atoms with E-state index in [0.717, 1.165) is 17.1 Å². The van der Waals surface area contributed by atoms with Crippen molar-refractivity contribution in [3.05, 3.63) is 71.5 Å². The van der Waals surface area contributed by atoms with Gasteiger partial charge in [-0.15, -0.1) is 5.10 Å². The predicted molar refractivity (Wildman–Crippen MR) is 99.9 cm³/mol. The lowest BCUT2D eigenvalue weighted by Gasteiger charge is -2.17. The van der Waals surface area contributed by atoms with E-state index in [9.17, 15) is 9.59 Å². The highest BCUT2D eigenvalue weighted by Gasteiger charge is 2.09. The molecule has 0 spiro atoms. The second-order valence-corrected chi connectivity index (χ2v) is 6.22. The highest BCUT2D eigenvalue weighted by Crippen LogP contribution is 2.17. The molecular formula is C20H20N4O2. The van der Waals surface area contributed by atoms with E-state index >= 15 is 0 Å². The number of rotatable bonds is 6. The predicted octanol–water partition coefficient (Wildman–Crippen LogP) is 3.31. The Kier molecular flexibility index (Phi) is 4.93. The minimum atomic E-state index is 0.0147. The number of benzene rings is 2. The van der Waals surface area contributed by atoms with Crippen LogP contribution in [-0.2, 0) is 6.54 Å². The molecule has 6 nitrogen and oxygen atoms in total. The van der Waals surface area contributed by atoms with E-state index in [-0.39, 0.29) is 11.6 Å². The zero-order valence-electron chi connectivity index (χ0n) is 15.0. The number of nitrogens with zero attached hydrogens (tertiary/aromatic N) is 4. The molecule has 0 fully saturated rings. The topological polar surface area (TPSA) is 68.1 Å². The van der Waals surface area contributed by atoms with E-state index in [2.05, 4.69) is 10.3 Å². The van der Waals surface area contributed by atoms with Crippen LogP contribution in [0.3, 0.4) is 0 Å². The minimum absolute atomic E-state index is 0.0147. The summed E-state index contributed by atoms with van der Waals surface area (Å²) in [4.78, 5) is 24.9. The molecule has 1 aromatic heterocycles. The first-order valence-electron chi connectivity index (χ1n) is 8.29. The molecule has 3 aromatic rings. The van der Waals surface area contributed by atoms with Crippen LogP contribution in [0.2, 0.25) is 0 Å². The highest BCUT2D eigenvalue weighted by molar-refractivity contribution is 5.94. The molecule has 0 bridgehead atoms. The van der Waals surface area contributed by atoms with E-state index < -0.39 is 0 Å². The lowest BCUT2D eigenvalue weighted by molar-refractivity contribution is 0.100. The molecule has 0 saturated heterocycles. The standard InChI is InChI=1S/C20H20N4O2/c1-14(25)16-7-9-19(10-8-16)23(3)12-18-13-24(22-21-18)20-6-4-5-17(11-20)15(2)26/h4-11,13H,12H2,1-3H3. The normalized spacial score (nSPS) is 10.6. The molecule has 0 unspecified atom stereocenters. The zero-order valence-corrected chi connectivity index (χ0v) is 15.0. The van der Waals surface area contributed by atoms with E-state index in [1.165, 1.54) is 6.92 Å². The third kappa shape index (κ3) is 3.85. The number of hydrogen-bond acceptors (Lipinski definition) is 5. The number of aromatic nitrogens is 3. The van der Waals surface area contributed by atoms with Crippen LogP contribution in [0.4, 0.5) is 5.69 Å². The van der Waals surface area contributed by atoms with Crippen LogP contribution in [0.15, 0.2) is 54.7 Å². The van der Waals surface area contributed by atoms with Crippen molar-refractivity contribution in [3.63, 3.8) is 0 Å². The number of Topliss-reactive ketones (excluding diaryl/α,β-unsaturated/α-hetero) is 2. The fourth-order valence-corrected chi connectivity index (χ4v) is 2.65. The number of ketones is 2. The molecule has 1 heterocycles. The zero-order chi connectivity index (χ0) is 18.7. The molecule has 0 atom stereocenters. The van der Waals surface area contributed by atoms with Crippen LogP contribution in [0.25, 0.3) is 5.69 Å². The van der Waals surface area contributed by atoms with Crippen LogP contribution >= 0.6 is 0 Å². The fourth-order valence-electron chi connectivity index (χ4n) is 2.65. The summed E-state index contributed by atoms with van der Waals surface area (Å²) in [6.45, 7) is 3.67. The first-order chi connectivity index (χ1) is 12.4. The summed E-state index contributed by atoms with van der Waals surface area (Å²) in [6.07, 6.45) is 1.85. The summed E-state index contributed by atoms with van der Waals surface area (Å²) in [5.41, 5.74) is 3.92. The van der Waals surface area contributed by atoms with Gasteiger partial charge in [-0.2, -0.15) is 0 Å². The van der Waals surface area contributed by atoms with Gasteiger partial charge >= 0.3 is 0 Å². The molecule has 26 heavy (non-hydrogen) atoms. The van der Waals surface area contributed by atoms with Gasteiger partial charge in [0.25, 0.3) is 0 Å². The van der Waals surface area contributed by atoms with Gasteiger partial charge in [-0.05, 0) is 50.2 Å². The lowest BCUT2D eigenvalue weighted by atomic mass is 10.1. The Morgan fingerprint density at radius 1 is 1.00 bits per heavy atom. The molecule has 0 saturated carbocycles. The lowest BCUT2D eigenvalue weighted by Crippen LogP contribution is -2.16. The van der Waals surface area contributed by atoms with Gasteiger partial charge in [0.2, 0.25) is 0 Å². The first kappa shape index (κ1) is 17.5. The summed E-state index contributed by atoms with van der Waals surface area (Å²) >= 11 is 0. The van der Waals surface area contributed by atoms with Gasteiger partial charge in [-0.1, -0.05) is 17.3 Å². The number of hydrogen-bond donors (Lipinski definition) is 0. The summed E-state index contributed by atoms with van der Waals surface area (Å²) in [5.74, 6) is 0.0656. The van der Waals surface area contributed by atoms with E-state index in [4.69, 9.17) is 0 Å². The third-order valence-electron chi connectivity index (χ3n) is 4.17. The van der Waals surface area contributed by atoms with Crippen LogP contribution in [0.1, 0.15) is 40.3 Å². The minimum Gasteiger partial charge on any atom is -0.369 e. The van der Waals surface area contributed by atoms with Crippen LogP contribution in [0.5, 0.6) is 0 Å². The van der Waals surface area contributed by atoms with E-state index in [1.54, 1.807) is 23.7 Å². The number of carbonyl (C=O) groups excluding carboxylic acids is 2. The Hall–Kier alpha value is -3.28. The van der Waals surface area contributed by atoms with E-state index in [1.807, 2.05) is 54.5 Å². The highest BCUT2D eigenvalue weighted by atomic mass is 16.1. The molecule has 0 aliphatic rings. The van der Waals surface area contributed by atoms with Crippen molar-refractivity contribution in [2.24, 2.45) is 0 Å². The molecule has 0 radical (unpaired) electrons. The second-order valence-electron chi connectivity index (χ2n) is 6.22. The van der Waals surface area contributed by atoms with Crippen molar-refractivity contribution in [2.75, 3.05) is 11.9 Å². The smallest absolute Gasteiger partial charge is 0.159 e. The molecule has 132 valence electrons.